The number of aryl methyl sites for hydroxylation is 1. The van der Waals surface area contributed by atoms with E-state index >= 15 is 0 Å². The van der Waals surface area contributed by atoms with Gasteiger partial charge in [-0.05, 0) is 31.7 Å². The summed E-state index contributed by atoms with van der Waals surface area (Å²) >= 11 is 0. The SMILES string of the molecule is CCCNC(=O)C1(C(O)/C=C/c2ccc(C)cc2)CC1. The molecular weight excluding hydrogens is 250 g/mol. The standard InChI is InChI=1S/C17H23NO2/c1-3-12-18-16(20)17(10-11-17)15(19)9-8-14-6-4-13(2)5-7-14/h4-9,15,19H,3,10-12H2,1-2H3,(H,18,20)/b9-8+. The Balaban J connectivity index is 1.98. The van der Waals surface area contributed by atoms with Gasteiger partial charge in [0.05, 0.1) is 11.5 Å². The first-order valence-corrected chi connectivity index (χ1v) is 7.30. The van der Waals surface area contributed by atoms with Gasteiger partial charge in [0.1, 0.15) is 0 Å². The number of benzene rings is 1. The predicted molar refractivity (Wildman–Crippen MR) is 81.2 cm³/mol. The highest BCUT2D eigenvalue weighted by Gasteiger charge is 2.54. The van der Waals surface area contributed by atoms with E-state index in [1.165, 1.54) is 5.56 Å². The Morgan fingerprint density at radius 1 is 1.40 bits per heavy atom. The van der Waals surface area contributed by atoms with Crippen LogP contribution in [0.15, 0.2) is 30.3 Å². The van der Waals surface area contributed by atoms with Gasteiger partial charge in [0.15, 0.2) is 0 Å². The Morgan fingerprint density at radius 2 is 2.05 bits per heavy atom. The molecule has 0 aliphatic heterocycles. The third kappa shape index (κ3) is 3.28. The van der Waals surface area contributed by atoms with Gasteiger partial charge in [-0.1, -0.05) is 48.9 Å². The molecule has 1 aromatic carbocycles. The van der Waals surface area contributed by atoms with Crippen LogP contribution in [-0.2, 0) is 4.79 Å². The summed E-state index contributed by atoms with van der Waals surface area (Å²) in [5.41, 5.74) is 1.66. The first kappa shape index (κ1) is 14.8. The molecule has 108 valence electrons. The van der Waals surface area contributed by atoms with Crippen LogP contribution in [0.4, 0.5) is 0 Å². The molecule has 0 aromatic heterocycles. The number of aliphatic hydroxyl groups is 1. The lowest BCUT2D eigenvalue weighted by Crippen LogP contribution is -2.38. The van der Waals surface area contributed by atoms with Gasteiger partial charge < -0.3 is 10.4 Å². The zero-order valence-electron chi connectivity index (χ0n) is 12.2. The highest BCUT2D eigenvalue weighted by atomic mass is 16.3. The monoisotopic (exact) mass is 273 g/mol. The van der Waals surface area contributed by atoms with E-state index in [0.717, 1.165) is 24.8 Å². The van der Waals surface area contributed by atoms with Crippen molar-refractivity contribution in [3.63, 3.8) is 0 Å². The van der Waals surface area contributed by atoms with Gasteiger partial charge in [0, 0.05) is 6.54 Å². The molecule has 0 saturated heterocycles. The molecule has 1 amide bonds. The van der Waals surface area contributed by atoms with Gasteiger partial charge in [0.2, 0.25) is 5.91 Å². The van der Waals surface area contributed by atoms with Crippen molar-refractivity contribution in [1.82, 2.24) is 5.32 Å². The molecule has 1 fully saturated rings. The quantitative estimate of drug-likeness (QED) is 0.837. The molecule has 1 saturated carbocycles. The smallest absolute Gasteiger partial charge is 0.229 e. The fourth-order valence-corrected chi connectivity index (χ4v) is 2.27. The lowest BCUT2D eigenvalue weighted by atomic mass is 9.96. The normalized spacial score (nSPS) is 17.9. The molecule has 2 rings (SSSR count). The van der Waals surface area contributed by atoms with Gasteiger partial charge in [0.25, 0.3) is 0 Å². The topological polar surface area (TPSA) is 49.3 Å². The number of carbonyl (C=O) groups is 1. The van der Waals surface area contributed by atoms with Crippen LogP contribution < -0.4 is 5.32 Å². The zero-order chi connectivity index (χ0) is 14.6. The lowest BCUT2D eigenvalue weighted by molar-refractivity contribution is -0.129. The Hall–Kier alpha value is -1.61. The van der Waals surface area contributed by atoms with Crippen molar-refractivity contribution >= 4 is 12.0 Å². The van der Waals surface area contributed by atoms with E-state index in [-0.39, 0.29) is 5.91 Å². The van der Waals surface area contributed by atoms with Crippen LogP contribution in [0, 0.1) is 12.3 Å². The minimum atomic E-state index is -0.708. The maximum atomic E-state index is 12.1. The van der Waals surface area contributed by atoms with Crippen LogP contribution in [0.2, 0.25) is 0 Å². The second kappa shape index (κ2) is 6.23. The fraction of sp³-hybridized carbons (Fsp3) is 0.471. The average molecular weight is 273 g/mol. The fourth-order valence-electron chi connectivity index (χ4n) is 2.27. The molecule has 0 spiro atoms. The van der Waals surface area contributed by atoms with Gasteiger partial charge in [-0.2, -0.15) is 0 Å². The molecule has 20 heavy (non-hydrogen) atoms. The number of nitrogens with one attached hydrogen (secondary N) is 1. The number of hydrogen-bond donors (Lipinski definition) is 2. The number of aliphatic hydroxyl groups excluding tert-OH is 1. The Kier molecular flexibility index (Phi) is 4.61. The second-order valence-corrected chi connectivity index (χ2v) is 5.63. The summed E-state index contributed by atoms with van der Waals surface area (Å²) in [5, 5.41) is 13.2. The minimum Gasteiger partial charge on any atom is -0.388 e. The maximum absolute atomic E-state index is 12.1. The van der Waals surface area contributed by atoms with Crippen molar-refractivity contribution in [2.45, 2.75) is 39.2 Å². The summed E-state index contributed by atoms with van der Waals surface area (Å²) in [6.45, 7) is 4.74. The summed E-state index contributed by atoms with van der Waals surface area (Å²) in [4.78, 5) is 12.1. The van der Waals surface area contributed by atoms with Crippen LogP contribution in [0.25, 0.3) is 6.08 Å². The Labute approximate surface area is 120 Å². The summed E-state index contributed by atoms with van der Waals surface area (Å²) in [6.07, 6.45) is 5.36. The first-order valence-electron chi connectivity index (χ1n) is 7.30. The maximum Gasteiger partial charge on any atom is 0.229 e. The van der Waals surface area contributed by atoms with Gasteiger partial charge in [-0.3, -0.25) is 4.79 Å². The molecule has 1 aliphatic rings. The van der Waals surface area contributed by atoms with Crippen molar-refractivity contribution in [3.8, 4) is 0 Å². The molecule has 1 unspecified atom stereocenters. The van der Waals surface area contributed by atoms with E-state index in [1.807, 2.05) is 44.2 Å². The van der Waals surface area contributed by atoms with E-state index in [2.05, 4.69) is 5.32 Å². The first-order chi connectivity index (χ1) is 9.58. The molecule has 1 atom stereocenters. The van der Waals surface area contributed by atoms with Crippen molar-refractivity contribution < 1.29 is 9.90 Å². The molecule has 0 radical (unpaired) electrons. The van der Waals surface area contributed by atoms with Crippen molar-refractivity contribution in [1.29, 1.82) is 0 Å². The molecule has 1 aromatic rings. The van der Waals surface area contributed by atoms with Gasteiger partial charge in [-0.25, -0.2) is 0 Å². The molecule has 3 heteroatoms. The largest absolute Gasteiger partial charge is 0.388 e. The highest BCUT2D eigenvalue weighted by Crippen LogP contribution is 2.49. The summed E-state index contributed by atoms with van der Waals surface area (Å²) in [7, 11) is 0. The number of amides is 1. The predicted octanol–water partition coefficient (Wildman–Crippen LogP) is 2.68. The molecule has 3 nitrogen and oxygen atoms in total. The van der Waals surface area contributed by atoms with E-state index < -0.39 is 11.5 Å². The number of rotatable bonds is 6. The van der Waals surface area contributed by atoms with E-state index in [0.29, 0.717) is 6.54 Å². The zero-order valence-corrected chi connectivity index (χ0v) is 12.2. The summed E-state index contributed by atoms with van der Waals surface area (Å²) < 4.78 is 0. The van der Waals surface area contributed by atoms with Crippen molar-refractivity contribution in [2.75, 3.05) is 6.54 Å². The van der Waals surface area contributed by atoms with Crippen LogP contribution in [-0.4, -0.2) is 23.7 Å². The molecule has 2 N–H and O–H groups in total. The van der Waals surface area contributed by atoms with Crippen molar-refractivity contribution in [3.05, 3.63) is 41.5 Å². The number of carbonyl (C=O) groups excluding carboxylic acids is 1. The van der Waals surface area contributed by atoms with Crippen LogP contribution >= 0.6 is 0 Å². The molecular formula is C17H23NO2. The van der Waals surface area contributed by atoms with Crippen LogP contribution in [0.3, 0.4) is 0 Å². The third-order valence-electron chi connectivity index (χ3n) is 3.89. The van der Waals surface area contributed by atoms with E-state index in [9.17, 15) is 9.90 Å². The third-order valence-corrected chi connectivity index (χ3v) is 3.89. The van der Waals surface area contributed by atoms with E-state index in [1.54, 1.807) is 6.08 Å². The highest BCUT2D eigenvalue weighted by molar-refractivity contribution is 5.86. The van der Waals surface area contributed by atoms with Crippen LogP contribution in [0.1, 0.15) is 37.3 Å². The van der Waals surface area contributed by atoms with E-state index in [4.69, 9.17) is 0 Å². The van der Waals surface area contributed by atoms with Crippen LogP contribution in [0.5, 0.6) is 0 Å². The number of hydrogen-bond acceptors (Lipinski definition) is 2. The lowest BCUT2D eigenvalue weighted by Gasteiger charge is -2.18. The average Bonchev–Trinajstić information content (AvgIpc) is 3.25. The van der Waals surface area contributed by atoms with Crippen molar-refractivity contribution in [2.24, 2.45) is 5.41 Å². The Bertz CT molecular complexity index is 486. The molecule has 0 heterocycles. The second-order valence-electron chi connectivity index (χ2n) is 5.63. The molecule has 0 bridgehead atoms. The summed E-state index contributed by atoms with van der Waals surface area (Å²) in [5.74, 6) is -0.0135. The van der Waals surface area contributed by atoms with Gasteiger partial charge in [-0.15, -0.1) is 0 Å². The minimum absolute atomic E-state index is 0.0135. The Morgan fingerprint density at radius 3 is 2.60 bits per heavy atom. The van der Waals surface area contributed by atoms with Gasteiger partial charge >= 0.3 is 0 Å². The summed E-state index contributed by atoms with van der Waals surface area (Å²) in [6, 6.07) is 8.09. The molecule has 1 aliphatic carbocycles.